The van der Waals surface area contributed by atoms with Gasteiger partial charge in [-0.2, -0.15) is 0 Å². The van der Waals surface area contributed by atoms with Gasteiger partial charge in [0.15, 0.2) is 0 Å². The number of benzene rings is 2. The van der Waals surface area contributed by atoms with Crippen molar-refractivity contribution in [1.82, 2.24) is 9.88 Å². The molecule has 194 valence electrons. The number of piperazine rings is 1. The maximum atomic E-state index is 14.6. The number of carbonyl (C=O) groups is 2. The number of carbonyl (C=O) groups excluding carboxylic acids is 2. The van der Waals surface area contributed by atoms with Crippen LogP contribution in [0.5, 0.6) is 5.75 Å². The smallest absolute Gasteiger partial charge is 0.410 e. The van der Waals surface area contributed by atoms with Crippen LogP contribution in [0, 0.1) is 5.82 Å². The van der Waals surface area contributed by atoms with Gasteiger partial charge >= 0.3 is 6.09 Å². The highest BCUT2D eigenvalue weighted by Gasteiger charge is 2.43. The fourth-order valence-corrected chi connectivity index (χ4v) is 5.30. The van der Waals surface area contributed by atoms with Crippen molar-refractivity contribution < 1.29 is 23.8 Å². The van der Waals surface area contributed by atoms with Gasteiger partial charge in [0.05, 0.1) is 35.2 Å². The number of phenols is 1. The van der Waals surface area contributed by atoms with Crippen LogP contribution in [-0.2, 0) is 9.53 Å². The third kappa shape index (κ3) is 4.31. The van der Waals surface area contributed by atoms with E-state index in [1.165, 1.54) is 18.2 Å². The van der Waals surface area contributed by atoms with Gasteiger partial charge in [0, 0.05) is 35.6 Å². The Morgan fingerprint density at radius 1 is 1.27 bits per heavy atom. The molecule has 2 amide bonds. The standard InChI is InChI=1S/C27H28ClFN4O4/c1-5-32-20-13-30-19-12-15(23-18(29)7-6-8-22(23)34)17(28)11-16(19)24(20)33-10-9-31(14-21(33)25(32)35)26(36)37-27(2,3)4/h6-8,11-13,21,34H,5,9-10,14H2,1-4H3/t21-/m1/s1. The summed E-state index contributed by atoms with van der Waals surface area (Å²) < 4.78 is 20.2. The lowest BCUT2D eigenvalue weighted by Gasteiger charge is -2.48. The number of hydrogen-bond acceptors (Lipinski definition) is 6. The fraction of sp³-hybridized carbons (Fsp3) is 0.370. The molecule has 2 aliphatic rings. The lowest BCUT2D eigenvalue weighted by molar-refractivity contribution is -0.121. The maximum Gasteiger partial charge on any atom is 0.410 e. The Labute approximate surface area is 219 Å². The lowest BCUT2D eigenvalue weighted by atomic mass is 9.98. The van der Waals surface area contributed by atoms with Crippen LogP contribution < -0.4 is 9.80 Å². The van der Waals surface area contributed by atoms with Crippen LogP contribution in [0.4, 0.5) is 20.6 Å². The molecule has 3 heterocycles. The first kappa shape index (κ1) is 25.1. The second kappa shape index (κ2) is 9.06. The number of rotatable bonds is 2. The van der Waals surface area contributed by atoms with Crippen molar-refractivity contribution in [2.75, 3.05) is 36.0 Å². The van der Waals surface area contributed by atoms with Crippen molar-refractivity contribution in [1.29, 1.82) is 0 Å². The molecule has 10 heteroatoms. The normalized spacial score (nSPS) is 17.6. The van der Waals surface area contributed by atoms with E-state index in [2.05, 4.69) is 4.98 Å². The number of nitrogens with zero attached hydrogens (tertiary/aromatic N) is 4. The zero-order chi connectivity index (χ0) is 26.6. The molecule has 1 atom stereocenters. The molecule has 1 N–H and O–H groups in total. The molecule has 0 aliphatic carbocycles. The quantitative estimate of drug-likeness (QED) is 0.494. The van der Waals surface area contributed by atoms with Crippen LogP contribution >= 0.6 is 11.6 Å². The van der Waals surface area contributed by atoms with Gasteiger partial charge in [-0.05, 0) is 52.0 Å². The maximum absolute atomic E-state index is 14.6. The molecule has 1 fully saturated rings. The van der Waals surface area contributed by atoms with E-state index < -0.39 is 23.6 Å². The van der Waals surface area contributed by atoms with Gasteiger partial charge in [-0.1, -0.05) is 17.7 Å². The summed E-state index contributed by atoms with van der Waals surface area (Å²) in [5.74, 6) is -0.941. The number of ether oxygens (including phenoxy) is 1. The van der Waals surface area contributed by atoms with Crippen molar-refractivity contribution >= 4 is 45.9 Å². The molecule has 3 aromatic rings. The summed E-state index contributed by atoms with van der Waals surface area (Å²) in [4.78, 5) is 36.0. The van der Waals surface area contributed by atoms with E-state index in [1.54, 1.807) is 48.9 Å². The highest BCUT2D eigenvalue weighted by Crippen LogP contribution is 2.45. The van der Waals surface area contributed by atoms with Gasteiger partial charge in [-0.25, -0.2) is 9.18 Å². The van der Waals surface area contributed by atoms with Crippen LogP contribution in [0.2, 0.25) is 5.02 Å². The fourth-order valence-electron chi connectivity index (χ4n) is 5.04. The van der Waals surface area contributed by atoms with Gasteiger partial charge in [0.25, 0.3) is 5.91 Å². The predicted octanol–water partition coefficient (Wildman–Crippen LogP) is 5.19. The minimum atomic E-state index is -0.643. The van der Waals surface area contributed by atoms with Crippen molar-refractivity contribution in [2.24, 2.45) is 0 Å². The van der Waals surface area contributed by atoms with Crippen molar-refractivity contribution in [3.8, 4) is 16.9 Å². The molecule has 0 unspecified atom stereocenters. The summed E-state index contributed by atoms with van der Waals surface area (Å²) >= 11 is 6.65. The SMILES string of the molecule is CCN1C(=O)[C@H]2CN(C(=O)OC(C)(C)C)CCN2c2c1cnc1cc(-c3c(O)cccc3F)c(Cl)cc21. The van der Waals surface area contributed by atoms with E-state index in [0.717, 1.165) is 5.69 Å². The largest absolute Gasteiger partial charge is 0.507 e. The Kier molecular flexibility index (Phi) is 6.14. The number of aromatic hydroxyl groups is 1. The van der Waals surface area contributed by atoms with E-state index in [0.29, 0.717) is 41.8 Å². The van der Waals surface area contributed by atoms with Gasteiger partial charge < -0.3 is 24.5 Å². The Hall–Kier alpha value is -3.59. The first-order chi connectivity index (χ1) is 17.5. The topological polar surface area (TPSA) is 86.2 Å². The Balaban J connectivity index is 1.61. The number of fused-ring (bicyclic) bond motifs is 5. The lowest BCUT2D eigenvalue weighted by Crippen LogP contribution is -2.63. The third-order valence-corrected chi connectivity index (χ3v) is 6.96. The van der Waals surface area contributed by atoms with Crippen LogP contribution in [0.15, 0.2) is 36.5 Å². The van der Waals surface area contributed by atoms with Crippen LogP contribution in [-0.4, -0.2) is 64.8 Å². The molecule has 2 aliphatic heterocycles. The highest BCUT2D eigenvalue weighted by molar-refractivity contribution is 6.34. The number of aromatic nitrogens is 1. The summed E-state index contributed by atoms with van der Waals surface area (Å²) in [6.07, 6.45) is 1.18. The number of amides is 2. The zero-order valence-corrected chi connectivity index (χ0v) is 21.8. The predicted molar refractivity (Wildman–Crippen MR) is 141 cm³/mol. The zero-order valence-electron chi connectivity index (χ0n) is 21.1. The van der Waals surface area contributed by atoms with E-state index in [1.807, 2.05) is 11.8 Å². The minimum Gasteiger partial charge on any atom is -0.507 e. The third-order valence-electron chi connectivity index (χ3n) is 6.65. The van der Waals surface area contributed by atoms with Crippen LogP contribution in [0.1, 0.15) is 27.7 Å². The summed E-state index contributed by atoms with van der Waals surface area (Å²) in [7, 11) is 0. The van der Waals surface area contributed by atoms with E-state index >= 15 is 0 Å². The van der Waals surface area contributed by atoms with E-state index in [9.17, 15) is 19.1 Å². The summed E-state index contributed by atoms with van der Waals surface area (Å²) in [5, 5.41) is 11.3. The summed E-state index contributed by atoms with van der Waals surface area (Å²) in [6.45, 7) is 8.69. The van der Waals surface area contributed by atoms with Gasteiger partial charge in [-0.3, -0.25) is 9.78 Å². The molecule has 0 radical (unpaired) electrons. The Morgan fingerprint density at radius 2 is 2.03 bits per heavy atom. The highest BCUT2D eigenvalue weighted by atomic mass is 35.5. The number of hydrogen-bond donors (Lipinski definition) is 1. The average molecular weight is 527 g/mol. The van der Waals surface area contributed by atoms with E-state index in [-0.39, 0.29) is 28.8 Å². The molecule has 37 heavy (non-hydrogen) atoms. The second-order valence-corrected chi connectivity index (χ2v) is 10.6. The van der Waals surface area contributed by atoms with Gasteiger partial charge in [-0.15, -0.1) is 0 Å². The monoisotopic (exact) mass is 526 g/mol. The molecule has 0 bridgehead atoms. The number of phenolic OH excluding ortho intramolecular Hbond substituents is 1. The van der Waals surface area contributed by atoms with Gasteiger partial charge in [0.2, 0.25) is 0 Å². The molecule has 1 aromatic heterocycles. The molecular weight excluding hydrogens is 499 g/mol. The number of likely N-dealkylation sites (N-methyl/N-ethyl adjacent to an activating group) is 1. The molecule has 1 saturated heterocycles. The molecule has 0 spiro atoms. The Bertz CT molecular complexity index is 1400. The number of anilines is 2. The van der Waals surface area contributed by atoms with Gasteiger partial charge in [0.1, 0.15) is 23.2 Å². The second-order valence-electron chi connectivity index (χ2n) is 10.2. The van der Waals surface area contributed by atoms with E-state index in [4.69, 9.17) is 16.3 Å². The minimum absolute atomic E-state index is 0.00290. The molecule has 8 nitrogen and oxygen atoms in total. The Morgan fingerprint density at radius 3 is 2.70 bits per heavy atom. The van der Waals surface area contributed by atoms with Crippen molar-refractivity contribution in [2.45, 2.75) is 39.3 Å². The van der Waals surface area contributed by atoms with Crippen LogP contribution in [0.3, 0.4) is 0 Å². The molecule has 0 saturated carbocycles. The summed E-state index contributed by atoms with van der Waals surface area (Å²) in [5.41, 5.74) is 1.66. The average Bonchev–Trinajstić information content (AvgIpc) is 2.83. The number of halogens is 2. The molecule has 5 rings (SSSR count). The number of pyridine rings is 1. The molecule has 2 aromatic carbocycles. The molecular formula is C27H28ClFN4O4. The first-order valence-electron chi connectivity index (χ1n) is 12.2. The van der Waals surface area contributed by atoms with Crippen molar-refractivity contribution in [3.63, 3.8) is 0 Å². The summed E-state index contributed by atoms with van der Waals surface area (Å²) in [6, 6.07) is 6.83. The van der Waals surface area contributed by atoms with Crippen molar-refractivity contribution in [3.05, 3.63) is 47.4 Å². The van der Waals surface area contributed by atoms with Crippen LogP contribution in [0.25, 0.3) is 22.0 Å². The first-order valence-corrected chi connectivity index (χ1v) is 12.5.